The van der Waals surface area contributed by atoms with Crippen molar-refractivity contribution in [3.05, 3.63) is 0 Å². The van der Waals surface area contributed by atoms with E-state index in [2.05, 4.69) is 31.9 Å². The van der Waals surface area contributed by atoms with Gasteiger partial charge < -0.3 is 53.6 Å². The van der Waals surface area contributed by atoms with E-state index >= 15 is 0 Å². The molecule has 0 saturated heterocycles. The van der Waals surface area contributed by atoms with Gasteiger partial charge in [0.15, 0.2) is 0 Å². The van der Waals surface area contributed by atoms with E-state index in [1.165, 1.54) is 13.8 Å². The molecule has 0 aromatic rings. The van der Waals surface area contributed by atoms with E-state index in [-0.39, 0.29) is 0 Å². The molecule has 0 saturated carbocycles. The standard InChI is InChI=1S/C25H44N8O10/c1-10(2)19(32-22(39)14(7-15(26)35)31-23(40)18(27)13(6)34)24(41)29-8-16(36)28-9-17(37)30-12(5)21(38)33-20(11(3)4)25(42)43/h10-14,18-20,34H,7-9,27H2,1-6H3,(H2,26,35)(H,28,36)(H,29,41)(H,30,37)(H,31,40)(H,32,39)(H,33,38)(H,42,43)/t12-,13+,14-,18-,19-,20-/m0/s1. The molecular weight excluding hydrogens is 572 g/mol. The molecular formula is C25H44N8O10. The van der Waals surface area contributed by atoms with Gasteiger partial charge in [-0.1, -0.05) is 27.7 Å². The number of aliphatic hydroxyl groups is 1. The highest BCUT2D eigenvalue weighted by atomic mass is 16.4. The van der Waals surface area contributed by atoms with Gasteiger partial charge in [-0.15, -0.1) is 0 Å². The fourth-order valence-electron chi connectivity index (χ4n) is 3.35. The Bertz CT molecular complexity index is 1050. The van der Waals surface area contributed by atoms with E-state index in [0.29, 0.717) is 0 Å². The zero-order chi connectivity index (χ0) is 33.6. The average Bonchev–Trinajstić information content (AvgIpc) is 2.89. The molecule has 244 valence electrons. The molecule has 0 aliphatic heterocycles. The summed E-state index contributed by atoms with van der Waals surface area (Å²) < 4.78 is 0. The van der Waals surface area contributed by atoms with Crippen LogP contribution in [0.3, 0.4) is 0 Å². The van der Waals surface area contributed by atoms with Crippen LogP contribution in [0.2, 0.25) is 0 Å². The topological polar surface area (TPSA) is 301 Å². The largest absolute Gasteiger partial charge is 0.480 e. The van der Waals surface area contributed by atoms with Crippen LogP contribution in [0.1, 0.15) is 48.0 Å². The third-order valence-electron chi connectivity index (χ3n) is 5.98. The summed E-state index contributed by atoms with van der Waals surface area (Å²) in [6, 6.07) is -6.39. The summed E-state index contributed by atoms with van der Waals surface area (Å²) in [4.78, 5) is 96.9. The maximum atomic E-state index is 12.8. The number of hydrogen-bond acceptors (Lipinski definition) is 10. The predicted octanol–water partition coefficient (Wildman–Crippen LogP) is -4.84. The summed E-state index contributed by atoms with van der Waals surface area (Å²) in [5.41, 5.74) is 10.7. The monoisotopic (exact) mass is 616 g/mol. The number of hydrogen-bond donors (Lipinski definition) is 10. The number of aliphatic carboxylic acids is 1. The quantitative estimate of drug-likeness (QED) is 0.0696. The van der Waals surface area contributed by atoms with Gasteiger partial charge >= 0.3 is 5.97 Å². The average molecular weight is 617 g/mol. The molecule has 0 aliphatic carbocycles. The van der Waals surface area contributed by atoms with Crippen molar-refractivity contribution >= 4 is 47.3 Å². The molecule has 6 atom stereocenters. The molecule has 0 aromatic carbocycles. The van der Waals surface area contributed by atoms with E-state index in [4.69, 9.17) is 11.5 Å². The number of primary amides is 1. The summed E-state index contributed by atoms with van der Waals surface area (Å²) in [6.07, 6.45) is -1.88. The number of aliphatic hydroxyl groups excluding tert-OH is 1. The van der Waals surface area contributed by atoms with Gasteiger partial charge in [-0.25, -0.2) is 4.79 Å². The third kappa shape index (κ3) is 14.4. The summed E-state index contributed by atoms with van der Waals surface area (Å²) in [5, 5.41) is 32.4. The lowest BCUT2D eigenvalue weighted by molar-refractivity contribution is -0.143. The lowest BCUT2D eigenvalue weighted by atomic mass is 10.0. The molecule has 43 heavy (non-hydrogen) atoms. The van der Waals surface area contributed by atoms with Crippen molar-refractivity contribution in [1.82, 2.24) is 31.9 Å². The molecule has 0 heterocycles. The molecule has 0 aromatic heterocycles. The smallest absolute Gasteiger partial charge is 0.326 e. The van der Waals surface area contributed by atoms with Crippen LogP contribution < -0.4 is 43.4 Å². The van der Waals surface area contributed by atoms with Crippen molar-refractivity contribution in [2.75, 3.05) is 13.1 Å². The summed E-state index contributed by atoms with van der Waals surface area (Å²) in [7, 11) is 0. The lowest BCUT2D eigenvalue weighted by Gasteiger charge is -2.25. The fourth-order valence-corrected chi connectivity index (χ4v) is 3.35. The molecule has 0 unspecified atom stereocenters. The van der Waals surface area contributed by atoms with Crippen molar-refractivity contribution in [1.29, 1.82) is 0 Å². The van der Waals surface area contributed by atoms with E-state index < -0.39 is 115 Å². The number of nitrogens with two attached hydrogens (primary N) is 2. The number of carbonyl (C=O) groups excluding carboxylic acids is 7. The molecule has 18 heteroatoms. The highest BCUT2D eigenvalue weighted by molar-refractivity contribution is 5.96. The van der Waals surface area contributed by atoms with Crippen LogP contribution in [0.25, 0.3) is 0 Å². The molecule has 7 amide bonds. The number of nitrogens with one attached hydrogen (secondary N) is 6. The summed E-state index contributed by atoms with van der Waals surface area (Å²) >= 11 is 0. The molecule has 0 spiro atoms. The van der Waals surface area contributed by atoms with Crippen LogP contribution in [0, 0.1) is 11.8 Å². The maximum absolute atomic E-state index is 12.8. The first-order valence-electron chi connectivity index (χ1n) is 13.5. The number of carboxylic acids is 1. The Labute approximate surface area is 248 Å². The molecule has 0 rings (SSSR count). The van der Waals surface area contributed by atoms with Gasteiger partial charge in [-0.3, -0.25) is 33.6 Å². The van der Waals surface area contributed by atoms with Crippen LogP contribution in [-0.2, 0) is 38.4 Å². The van der Waals surface area contributed by atoms with Crippen molar-refractivity contribution in [2.24, 2.45) is 23.3 Å². The van der Waals surface area contributed by atoms with E-state index in [1.807, 2.05) is 0 Å². The van der Waals surface area contributed by atoms with Gasteiger partial charge in [0.1, 0.15) is 30.2 Å². The van der Waals surface area contributed by atoms with Crippen LogP contribution in [0.5, 0.6) is 0 Å². The van der Waals surface area contributed by atoms with Crippen LogP contribution >= 0.6 is 0 Å². The minimum atomic E-state index is -1.50. The Balaban J connectivity index is 5.01. The third-order valence-corrected chi connectivity index (χ3v) is 5.98. The van der Waals surface area contributed by atoms with Crippen molar-refractivity contribution in [3.8, 4) is 0 Å². The maximum Gasteiger partial charge on any atom is 0.326 e. The van der Waals surface area contributed by atoms with Gasteiger partial charge in [0, 0.05) is 0 Å². The van der Waals surface area contributed by atoms with Gasteiger partial charge in [0.05, 0.1) is 25.6 Å². The molecule has 18 nitrogen and oxygen atoms in total. The molecule has 0 bridgehead atoms. The van der Waals surface area contributed by atoms with Crippen molar-refractivity contribution < 1.29 is 48.6 Å². The van der Waals surface area contributed by atoms with Gasteiger partial charge in [0.2, 0.25) is 41.4 Å². The van der Waals surface area contributed by atoms with Crippen LogP contribution in [0.4, 0.5) is 0 Å². The van der Waals surface area contributed by atoms with Gasteiger partial charge in [-0.2, -0.15) is 0 Å². The lowest BCUT2D eigenvalue weighted by Crippen LogP contribution is -2.59. The Morgan fingerprint density at radius 2 is 1.16 bits per heavy atom. The normalized spacial score (nSPS) is 15.1. The van der Waals surface area contributed by atoms with E-state index in [1.54, 1.807) is 27.7 Å². The first-order valence-corrected chi connectivity index (χ1v) is 13.5. The van der Waals surface area contributed by atoms with Gasteiger partial charge in [0.25, 0.3) is 0 Å². The Morgan fingerprint density at radius 1 is 0.651 bits per heavy atom. The van der Waals surface area contributed by atoms with Crippen LogP contribution in [0.15, 0.2) is 0 Å². The number of amides is 7. The first-order chi connectivity index (χ1) is 19.8. The van der Waals surface area contributed by atoms with Crippen molar-refractivity contribution in [2.45, 2.75) is 84.3 Å². The molecule has 0 radical (unpaired) electrons. The summed E-state index contributed by atoms with van der Waals surface area (Å²) in [6.45, 7) is 7.79. The zero-order valence-corrected chi connectivity index (χ0v) is 25.1. The molecule has 0 fully saturated rings. The SMILES string of the molecule is CC(C)[C@H](NC(=O)[C@H](C)NC(=O)CNC(=O)CNC(=O)[C@@H](NC(=O)[C@H](CC(N)=O)NC(=O)[C@@H](N)[C@@H](C)O)C(C)C)C(=O)O. The van der Waals surface area contributed by atoms with Crippen LogP contribution in [-0.4, -0.2) is 107 Å². The second-order valence-corrected chi connectivity index (χ2v) is 10.6. The predicted molar refractivity (Wildman–Crippen MR) is 150 cm³/mol. The Morgan fingerprint density at radius 3 is 1.63 bits per heavy atom. The molecule has 0 aliphatic rings. The molecule has 12 N–H and O–H groups in total. The first kappa shape index (κ1) is 38.7. The second-order valence-electron chi connectivity index (χ2n) is 10.6. The van der Waals surface area contributed by atoms with Gasteiger partial charge in [-0.05, 0) is 25.7 Å². The fraction of sp³-hybridized carbons (Fsp3) is 0.680. The number of carbonyl (C=O) groups is 8. The summed E-state index contributed by atoms with van der Waals surface area (Å²) in [5.74, 6) is -8.05. The minimum Gasteiger partial charge on any atom is -0.480 e. The van der Waals surface area contributed by atoms with Crippen molar-refractivity contribution in [3.63, 3.8) is 0 Å². The van der Waals surface area contributed by atoms with E-state index in [0.717, 1.165) is 0 Å². The zero-order valence-electron chi connectivity index (χ0n) is 25.1. The second kappa shape index (κ2) is 18.3. The minimum absolute atomic E-state index is 0.403. The Kier molecular flexibility index (Phi) is 16.4. The highest BCUT2D eigenvalue weighted by Crippen LogP contribution is 2.05. The number of rotatable bonds is 18. The Hall–Kier alpha value is -4.32. The number of carboxylic acid groups (broad SMARTS) is 1. The van der Waals surface area contributed by atoms with E-state index in [9.17, 15) is 48.6 Å². The highest BCUT2D eigenvalue weighted by Gasteiger charge is 2.32.